The zero-order valence-corrected chi connectivity index (χ0v) is 14.1. The lowest BCUT2D eigenvalue weighted by molar-refractivity contribution is -0.305. The predicted molar refractivity (Wildman–Crippen MR) is 81.8 cm³/mol. The lowest BCUT2D eigenvalue weighted by atomic mass is 9.99. The molecule has 0 amide bonds. The Kier molecular flexibility index (Phi) is 7.48. The molecule has 124 valence electrons. The maximum absolute atomic E-state index is 10.2. The minimum atomic E-state index is -1.25. The molecule has 0 saturated carbocycles. The molecule has 0 radical (unpaired) electrons. The van der Waals surface area contributed by atoms with Gasteiger partial charge < -0.3 is 29.5 Å². The second-order valence-electron chi connectivity index (χ2n) is 6.47. The van der Waals surface area contributed by atoms with E-state index in [0.29, 0.717) is 6.61 Å². The van der Waals surface area contributed by atoms with Gasteiger partial charge in [0.15, 0.2) is 6.29 Å². The first-order chi connectivity index (χ1) is 9.80. The van der Waals surface area contributed by atoms with E-state index >= 15 is 0 Å². The number of aliphatic hydroxyl groups excluding tert-OH is 3. The molecule has 3 N–H and O–H groups in total. The topological polar surface area (TPSA) is 88.4 Å². The Bertz CT molecular complexity index is 319. The lowest BCUT2D eigenvalue weighted by Gasteiger charge is -2.41. The molecule has 1 fully saturated rings. The average molecular weight is 320 g/mol. The quantitative estimate of drug-likeness (QED) is 0.442. The first kappa shape index (κ1) is 18.8. The summed E-state index contributed by atoms with van der Waals surface area (Å²) in [6.07, 6.45) is -3.29. The van der Waals surface area contributed by atoms with Gasteiger partial charge in [-0.15, -0.1) is 6.58 Å². The van der Waals surface area contributed by atoms with Crippen LogP contribution in [0, 0.1) is 0 Å². The molecule has 1 aliphatic rings. The summed E-state index contributed by atoms with van der Waals surface area (Å²) < 4.78 is 16.4. The predicted octanol–water partition coefficient (Wildman–Crippen LogP) is 0.351. The van der Waals surface area contributed by atoms with E-state index in [1.807, 2.05) is 0 Å². The van der Waals surface area contributed by atoms with Gasteiger partial charge in [-0.25, -0.2) is 0 Å². The van der Waals surface area contributed by atoms with Crippen molar-refractivity contribution in [2.75, 3.05) is 19.8 Å². The van der Waals surface area contributed by atoms with Crippen LogP contribution < -0.4 is 0 Å². The summed E-state index contributed by atoms with van der Waals surface area (Å²) in [5.41, 5.74) is 0. The molecule has 0 aliphatic carbocycles. The molecule has 0 aromatic heterocycles. The Labute approximate surface area is 127 Å². The van der Waals surface area contributed by atoms with Crippen LogP contribution in [0.3, 0.4) is 0 Å². The van der Waals surface area contributed by atoms with Gasteiger partial charge in [-0.2, -0.15) is 0 Å². The molecule has 5 atom stereocenters. The highest BCUT2D eigenvalue weighted by Crippen LogP contribution is 2.25. The summed E-state index contributed by atoms with van der Waals surface area (Å²) in [7, 11) is -1.25. The molecule has 1 aliphatic heterocycles. The third kappa shape index (κ3) is 5.78. The molecule has 0 bridgehead atoms. The van der Waals surface area contributed by atoms with Gasteiger partial charge in [0.25, 0.3) is 0 Å². The maximum Gasteiger partial charge on any atom is 0.186 e. The Morgan fingerprint density at radius 3 is 2.38 bits per heavy atom. The largest absolute Gasteiger partial charge is 0.394 e. The number of aliphatic hydroxyl groups is 3. The van der Waals surface area contributed by atoms with Crippen molar-refractivity contribution in [3.8, 4) is 0 Å². The highest BCUT2D eigenvalue weighted by molar-refractivity contribution is 6.76. The van der Waals surface area contributed by atoms with E-state index in [2.05, 4.69) is 26.2 Å². The van der Waals surface area contributed by atoms with Crippen LogP contribution in [-0.2, 0) is 14.2 Å². The fourth-order valence-electron chi connectivity index (χ4n) is 2.05. The third-order valence-corrected chi connectivity index (χ3v) is 5.07. The van der Waals surface area contributed by atoms with Crippen LogP contribution >= 0.6 is 0 Å². The molecule has 6 nitrogen and oxygen atoms in total. The number of hydrogen-bond acceptors (Lipinski definition) is 6. The molecule has 0 unspecified atom stereocenters. The van der Waals surface area contributed by atoms with E-state index in [9.17, 15) is 15.3 Å². The Morgan fingerprint density at radius 1 is 1.19 bits per heavy atom. The van der Waals surface area contributed by atoms with E-state index in [0.717, 1.165) is 6.04 Å². The van der Waals surface area contributed by atoms with Gasteiger partial charge in [0.05, 0.1) is 13.2 Å². The van der Waals surface area contributed by atoms with E-state index in [1.165, 1.54) is 6.08 Å². The van der Waals surface area contributed by atoms with Crippen molar-refractivity contribution in [3.05, 3.63) is 12.7 Å². The van der Waals surface area contributed by atoms with Crippen molar-refractivity contribution in [1.82, 2.24) is 0 Å². The van der Waals surface area contributed by atoms with Crippen LogP contribution in [0.25, 0.3) is 0 Å². The van der Waals surface area contributed by atoms with Gasteiger partial charge >= 0.3 is 0 Å². The van der Waals surface area contributed by atoms with Gasteiger partial charge in [0.2, 0.25) is 0 Å². The van der Waals surface area contributed by atoms with Crippen LogP contribution in [0.2, 0.25) is 25.7 Å². The second-order valence-corrected chi connectivity index (χ2v) is 12.1. The van der Waals surface area contributed by atoms with Crippen LogP contribution in [0.15, 0.2) is 12.7 Å². The minimum absolute atomic E-state index is 0.193. The van der Waals surface area contributed by atoms with E-state index in [1.54, 1.807) is 0 Å². The van der Waals surface area contributed by atoms with Gasteiger partial charge in [0.1, 0.15) is 24.4 Å². The van der Waals surface area contributed by atoms with Crippen molar-refractivity contribution < 1.29 is 29.5 Å². The normalized spacial score (nSPS) is 33.9. The molecule has 0 aromatic carbocycles. The summed E-state index contributed by atoms with van der Waals surface area (Å²) in [6.45, 7) is 10.5. The molecule has 1 heterocycles. The monoisotopic (exact) mass is 320 g/mol. The van der Waals surface area contributed by atoms with Gasteiger partial charge in [-0.3, -0.25) is 0 Å². The van der Waals surface area contributed by atoms with Crippen molar-refractivity contribution in [1.29, 1.82) is 0 Å². The fourth-order valence-corrected chi connectivity index (χ4v) is 2.78. The van der Waals surface area contributed by atoms with Gasteiger partial charge in [0, 0.05) is 14.7 Å². The zero-order valence-electron chi connectivity index (χ0n) is 13.1. The molecule has 1 saturated heterocycles. The van der Waals surface area contributed by atoms with Crippen LogP contribution in [0.4, 0.5) is 0 Å². The molecule has 0 spiro atoms. The van der Waals surface area contributed by atoms with Crippen LogP contribution in [-0.4, -0.2) is 73.9 Å². The fraction of sp³-hybridized carbons (Fsp3) is 0.857. The summed E-state index contributed by atoms with van der Waals surface area (Å²) in [6, 6.07) is 0.935. The summed E-state index contributed by atoms with van der Waals surface area (Å²) in [5, 5.41) is 29.5. The Hall–Kier alpha value is -0.283. The second kappa shape index (κ2) is 8.38. The van der Waals surface area contributed by atoms with Crippen molar-refractivity contribution in [2.45, 2.75) is 56.4 Å². The number of ether oxygens (including phenoxy) is 3. The molecule has 1 rings (SSSR count). The molecule has 7 heteroatoms. The summed E-state index contributed by atoms with van der Waals surface area (Å²) in [5.74, 6) is 0. The average Bonchev–Trinajstić information content (AvgIpc) is 2.40. The molecular formula is C14H28O6Si. The Balaban J connectivity index is 2.63. The van der Waals surface area contributed by atoms with Gasteiger partial charge in [-0.1, -0.05) is 25.7 Å². The standard InChI is InChI=1S/C14H28O6Si/c1-5-6-18-13-11(16)10(9-15)20-14(12(13)17)19-7-8-21(2,3)4/h5,10-17H,1,6-9H2,2-4H3/t10-,11+,12-,13+,14-/m1/s1. The van der Waals surface area contributed by atoms with E-state index in [-0.39, 0.29) is 13.2 Å². The smallest absolute Gasteiger partial charge is 0.186 e. The minimum Gasteiger partial charge on any atom is -0.394 e. The molecule has 21 heavy (non-hydrogen) atoms. The van der Waals surface area contributed by atoms with Crippen molar-refractivity contribution in [3.63, 3.8) is 0 Å². The van der Waals surface area contributed by atoms with Crippen LogP contribution in [0.1, 0.15) is 0 Å². The highest BCUT2D eigenvalue weighted by Gasteiger charge is 2.45. The summed E-state index contributed by atoms with van der Waals surface area (Å²) >= 11 is 0. The SMILES string of the molecule is C=CCO[C@H]1[C@@H](O)[C@@H](CO)O[C@@H](OCC[Si](C)(C)C)[C@@H]1O. The van der Waals surface area contributed by atoms with Crippen molar-refractivity contribution in [2.24, 2.45) is 0 Å². The third-order valence-electron chi connectivity index (χ3n) is 3.36. The van der Waals surface area contributed by atoms with E-state index in [4.69, 9.17) is 14.2 Å². The number of rotatable bonds is 8. The molecular weight excluding hydrogens is 292 g/mol. The summed E-state index contributed by atoms with van der Waals surface area (Å²) in [4.78, 5) is 0. The lowest BCUT2D eigenvalue weighted by Crippen LogP contribution is -2.60. The highest BCUT2D eigenvalue weighted by atomic mass is 28.3. The van der Waals surface area contributed by atoms with Crippen molar-refractivity contribution >= 4 is 8.07 Å². The number of hydrogen-bond donors (Lipinski definition) is 3. The first-order valence-electron chi connectivity index (χ1n) is 7.26. The maximum atomic E-state index is 10.2. The van der Waals surface area contributed by atoms with Gasteiger partial charge in [-0.05, 0) is 6.04 Å². The van der Waals surface area contributed by atoms with Crippen LogP contribution in [0.5, 0.6) is 0 Å². The Morgan fingerprint density at radius 2 is 1.86 bits per heavy atom. The zero-order chi connectivity index (χ0) is 16.0. The molecule has 0 aromatic rings. The first-order valence-corrected chi connectivity index (χ1v) is 11.0. The van der Waals surface area contributed by atoms with E-state index < -0.39 is 38.8 Å².